The first-order valence-electron chi connectivity index (χ1n) is 5.56. The number of hydrogen-bond donors (Lipinski definition) is 1. The molecule has 0 saturated carbocycles. The quantitative estimate of drug-likeness (QED) is 0.778. The van der Waals surface area contributed by atoms with Crippen molar-refractivity contribution in [2.75, 3.05) is 5.75 Å². The van der Waals surface area contributed by atoms with E-state index >= 15 is 0 Å². The number of fused-ring (bicyclic) bond motifs is 1. The van der Waals surface area contributed by atoms with Crippen molar-refractivity contribution in [1.29, 1.82) is 0 Å². The third-order valence-electron chi connectivity index (χ3n) is 2.97. The van der Waals surface area contributed by atoms with E-state index in [9.17, 15) is 13.5 Å². The number of allylic oxidation sites excluding steroid dienone is 1. The molecule has 0 bridgehead atoms. The zero-order chi connectivity index (χ0) is 12.7. The predicted molar refractivity (Wildman–Crippen MR) is 66.4 cm³/mol. The second-order valence-electron chi connectivity index (χ2n) is 4.71. The van der Waals surface area contributed by atoms with E-state index in [0.717, 1.165) is 5.57 Å². The van der Waals surface area contributed by atoms with Crippen LogP contribution in [0.5, 0.6) is 0 Å². The molecule has 1 aliphatic rings. The highest BCUT2D eigenvalue weighted by Crippen LogP contribution is 2.38. The molecule has 1 aromatic carbocycles. The molecular weight excluding hydrogens is 236 g/mol. The molecule has 4 heteroatoms. The maximum Gasteiger partial charge on any atom is 0.178 e. The zero-order valence-electron chi connectivity index (χ0n) is 9.97. The Morgan fingerprint density at radius 2 is 2.00 bits per heavy atom. The average molecular weight is 252 g/mol. The van der Waals surface area contributed by atoms with Gasteiger partial charge >= 0.3 is 0 Å². The van der Waals surface area contributed by atoms with Gasteiger partial charge in [-0.25, -0.2) is 8.42 Å². The lowest BCUT2D eigenvalue weighted by atomic mass is 9.89. The monoisotopic (exact) mass is 252 g/mol. The molecule has 0 aromatic heterocycles. The molecule has 1 aliphatic heterocycles. The lowest BCUT2D eigenvalue weighted by Gasteiger charge is -2.32. The summed E-state index contributed by atoms with van der Waals surface area (Å²) in [6.07, 6.45) is 1.96. The summed E-state index contributed by atoms with van der Waals surface area (Å²) in [5.41, 5.74) is 0.315. The molecule has 2 rings (SSSR count). The minimum atomic E-state index is -3.24. The highest BCUT2D eigenvalue weighted by molar-refractivity contribution is 7.91. The van der Waals surface area contributed by atoms with Crippen LogP contribution in [0.3, 0.4) is 0 Å². The van der Waals surface area contributed by atoms with Crippen molar-refractivity contribution in [3.05, 3.63) is 41.5 Å². The van der Waals surface area contributed by atoms with Crippen LogP contribution in [0.1, 0.15) is 25.8 Å². The van der Waals surface area contributed by atoms with Gasteiger partial charge in [0, 0.05) is 5.56 Å². The molecule has 92 valence electrons. The fraction of sp³-hybridized carbons (Fsp3) is 0.385. The van der Waals surface area contributed by atoms with E-state index in [2.05, 4.69) is 0 Å². The molecular formula is C13H16O3S. The predicted octanol–water partition coefficient (Wildman–Crippen LogP) is 2.02. The number of hydrogen-bond acceptors (Lipinski definition) is 3. The molecule has 1 atom stereocenters. The van der Waals surface area contributed by atoms with Gasteiger partial charge in [0.1, 0.15) is 5.60 Å². The molecule has 3 nitrogen and oxygen atoms in total. The normalized spacial score (nSPS) is 26.1. The number of benzene rings is 1. The first-order valence-corrected chi connectivity index (χ1v) is 7.21. The van der Waals surface area contributed by atoms with Crippen molar-refractivity contribution in [3.63, 3.8) is 0 Å². The summed E-state index contributed by atoms with van der Waals surface area (Å²) < 4.78 is 23.8. The maximum absolute atomic E-state index is 11.9. The molecule has 0 fully saturated rings. The topological polar surface area (TPSA) is 54.4 Å². The summed E-state index contributed by atoms with van der Waals surface area (Å²) in [6.45, 7) is 3.79. The van der Waals surface area contributed by atoms with Crippen LogP contribution in [-0.4, -0.2) is 19.3 Å². The van der Waals surface area contributed by atoms with Gasteiger partial charge < -0.3 is 5.11 Å². The van der Waals surface area contributed by atoms with Crippen LogP contribution in [0.15, 0.2) is 40.8 Å². The summed E-state index contributed by atoms with van der Waals surface area (Å²) in [7, 11) is -3.24. The summed E-state index contributed by atoms with van der Waals surface area (Å²) in [4.78, 5) is 0.256. The Labute approximate surface area is 102 Å². The second-order valence-corrected chi connectivity index (χ2v) is 6.79. The van der Waals surface area contributed by atoms with Crippen LogP contribution in [0.4, 0.5) is 0 Å². The Kier molecular flexibility index (Phi) is 2.87. The molecule has 1 N–H and O–H groups in total. The largest absolute Gasteiger partial charge is 0.381 e. The SMILES string of the molecule is CC(C)=CC1(O)CCS(=O)(=O)c2ccccc21. The molecule has 0 radical (unpaired) electrons. The number of sulfone groups is 1. The zero-order valence-corrected chi connectivity index (χ0v) is 10.8. The van der Waals surface area contributed by atoms with Gasteiger partial charge in [0.05, 0.1) is 10.6 Å². The van der Waals surface area contributed by atoms with Crippen LogP contribution in [0.2, 0.25) is 0 Å². The Hall–Kier alpha value is -1.13. The van der Waals surface area contributed by atoms with Gasteiger partial charge in [0.15, 0.2) is 9.84 Å². The van der Waals surface area contributed by atoms with Gasteiger partial charge in [0.2, 0.25) is 0 Å². The molecule has 0 spiro atoms. The Balaban J connectivity index is 2.68. The van der Waals surface area contributed by atoms with Gasteiger partial charge in [-0.1, -0.05) is 23.8 Å². The summed E-state index contributed by atoms with van der Waals surface area (Å²) in [6, 6.07) is 6.69. The van der Waals surface area contributed by atoms with Crippen molar-refractivity contribution in [1.82, 2.24) is 0 Å². The van der Waals surface area contributed by atoms with Gasteiger partial charge in [-0.15, -0.1) is 0 Å². The van der Waals surface area contributed by atoms with E-state index in [0.29, 0.717) is 5.56 Å². The number of aliphatic hydroxyl groups is 1. The van der Waals surface area contributed by atoms with Gasteiger partial charge in [0.25, 0.3) is 0 Å². The van der Waals surface area contributed by atoms with E-state index in [-0.39, 0.29) is 17.1 Å². The van der Waals surface area contributed by atoms with Gasteiger partial charge in [-0.2, -0.15) is 0 Å². The molecule has 0 saturated heterocycles. The van der Waals surface area contributed by atoms with E-state index in [4.69, 9.17) is 0 Å². The Morgan fingerprint density at radius 3 is 2.65 bits per heavy atom. The average Bonchev–Trinajstić information content (AvgIpc) is 2.25. The van der Waals surface area contributed by atoms with Gasteiger partial charge in [-0.05, 0) is 32.4 Å². The molecule has 1 aromatic rings. The van der Waals surface area contributed by atoms with E-state index in [1.54, 1.807) is 30.3 Å². The van der Waals surface area contributed by atoms with Crippen LogP contribution in [-0.2, 0) is 15.4 Å². The van der Waals surface area contributed by atoms with E-state index in [1.807, 2.05) is 13.8 Å². The van der Waals surface area contributed by atoms with Crippen LogP contribution in [0.25, 0.3) is 0 Å². The van der Waals surface area contributed by atoms with Crippen molar-refractivity contribution >= 4 is 9.84 Å². The fourth-order valence-electron chi connectivity index (χ4n) is 2.26. The molecule has 1 unspecified atom stereocenters. The molecule has 1 heterocycles. The first kappa shape index (κ1) is 12.3. The van der Waals surface area contributed by atoms with Crippen LogP contribution in [0, 0.1) is 0 Å². The van der Waals surface area contributed by atoms with Gasteiger partial charge in [-0.3, -0.25) is 0 Å². The van der Waals surface area contributed by atoms with Crippen LogP contribution < -0.4 is 0 Å². The third-order valence-corrected chi connectivity index (χ3v) is 4.74. The number of rotatable bonds is 1. The van der Waals surface area contributed by atoms with Crippen molar-refractivity contribution < 1.29 is 13.5 Å². The summed E-state index contributed by atoms with van der Waals surface area (Å²) >= 11 is 0. The first-order chi connectivity index (χ1) is 7.85. The summed E-state index contributed by atoms with van der Waals surface area (Å²) in [5.74, 6) is -0.00963. The van der Waals surface area contributed by atoms with E-state index < -0.39 is 15.4 Å². The van der Waals surface area contributed by atoms with Crippen molar-refractivity contribution in [3.8, 4) is 0 Å². The van der Waals surface area contributed by atoms with Crippen molar-refractivity contribution in [2.45, 2.75) is 30.8 Å². The fourth-order valence-corrected chi connectivity index (χ4v) is 3.92. The van der Waals surface area contributed by atoms with Crippen molar-refractivity contribution in [2.24, 2.45) is 0 Å². The van der Waals surface area contributed by atoms with Crippen LogP contribution >= 0.6 is 0 Å². The smallest absolute Gasteiger partial charge is 0.178 e. The molecule has 0 aliphatic carbocycles. The second kappa shape index (κ2) is 3.96. The summed E-state index contributed by atoms with van der Waals surface area (Å²) in [5, 5.41) is 10.6. The Morgan fingerprint density at radius 1 is 1.35 bits per heavy atom. The lowest BCUT2D eigenvalue weighted by Crippen LogP contribution is -2.33. The minimum absolute atomic E-state index is 0.00963. The highest BCUT2D eigenvalue weighted by atomic mass is 32.2. The van der Waals surface area contributed by atoms with E-state index in [1.165, 1.54) is 0 Å². The highest BCUT2D eigenvalue weighted by Gasteiger charge is 2.38. The standard InChI is InChI=1S/C13H16O3S/c1-10(2)9-13(14)7-8-17(15,16)12-6-4-3-5-11(12)13/h3-6,9,14H,7-8H2,1-2H3. The molecule has 0 amide bonds. The maximum atomic E-state index is 11.9. The minimum Gasteiger partial charge on any atom is -0.381 e. The Bertz CT molecular complexity index is 568. The third kappa shape index (κ3) is 2.15. The lowest BCUT2D eigenvalue weighted by molar-refractivity contribution is 0.0795. The molecule has 17 heavy (non-hydrogen) atoms.